The highest BCUT2D eigenvalue weighted by Crippen LogP contribution is 2.24. The van der Waals surface area contributed by atoms with E-state index < -0.39 is 15.1 Å². The largest absolute Gasteiger partial charge is 0.292 e. The van der Waals surface area contributed by atoms with E-state index in [0.717, 1.165) is 6.42 Å². The van der Waals surface area contributed by atoms with E-state index in [2.05, 4.69) is 0 Å². The smallest absolute Gasteiger partial charge is 0.190 e. The lowest BCUT2D eigenvalue weighted by atomic mass is 10.1. The molecule has 0 N–H and O–H groups in total. The van der Waals surface area contributed by atoms with Crippen LogP contribution in [0.2, 0.25) is 0 Å². The van der Waals surface area contributed by atoms with Gasteiger partial charge in [0.25, 0.3) is 0 Å². The monoisotopic (exact) mass is 244 g/mol. The molecule has 3 nitrogen and oxygen atoms in total. The number of hydrogen-bond donors (Lipinski definition) is 0. The minimum Gasteiger partial charge on any atom is -0.292 e. The molecule has 0 bridgehead atoms. The molecule has 0 aromatic carbocycles. The SMILES string of the molecule is O=C(c1cccs1)C1CCCCS1(=O)=O. The molecule has 2 heterocycles. The maximum atomic E-state index is 11.9. The molecule has 0 saturated carbocycles. The second-order valence-corrected chi connectivity index (χ2v) is 6.94. The van der Waals surface area contributed by atoms with Crippen LogP contribution in [0.25, 0.3) is 0 Å². The number of carbonyl (C=O) groups is 1. The van der Waals surface area contributed by atoms with E-state index in [0.29, 0.717) is 17.7 Å². The van der Waals surface area contributed by atoms with Crippen molar-refractivity contribution in [2.75, 3.05) is 5.75 Å². The Morgan fingerprint density at radius 1 is 1.40 bits per heavy atom. The van der Waals surface area contributed by atoms with Crippen LogP contribution in [0, 0.1) is 0 Å². The van der Waals surface area contributed by atoms with Gasteiger partial charge in [-0.1, -0.05) is 12.5 Å². The maximum Gasteiger partial charge on any atom is 0.190 e. The summed E-state index contributed by atoms with van der Waals surface area (Å²) in [6, 6.07) is 3.46. The highest BCUT2D eigenvalue weighted by atomic mass is 32.2. The summed E-state index contributed by atoms with van der Waals surface area (Å²) in [5, 5.41) is 1.01. The zero-order valence-corrected chi connectivity index (χ0v) is 9.81. The highest BCUT2D eigenvalue weighted by Gasteiger charge is 2.35. The second-order valence-electron chi connectivity index (χ2n) is 3.69. The van der Waals surface area contributed by atoms with Gasteiger partial charge in [0.1, 0.15) is 5.25 Å². The first-order valence-corrected chi connectivity index (χ1v) is 7.50. The lowest BCUT2D eigenvalue weighted by molar-refractivity contribution is 0.0985. The molecular weight excluding hydrogens is 232 g/mol. The van der Waals surface area contributed by atoms with E-state index in [1.54, 1.807) is 17.5 Å². The number of rotatable bonds is 2. The zero-order valence-electron chi connectivity index (χ0n) is 8.18. The van der Waals surface area contributed by atoms with Crippen molar-refractivity contribution in [2.24, 2.45) is 0 Å². The van der Waals surface area contributed by atoms with Crippen LogP contribution < -0.4 is 0 Å². The fourth-order valence-electron chi connectivity index (χ4n) is 1.83. The summed E-state index contributed by atoms with van der Waals surface area (Å²) in [6.07, 6.45) is 2.01. The quantitative estimate of drug-likeness (QED) is 0.747. The number of hydrogen-bond acceptors (Lipinski definition) is 4. The Balaban J connectivity index is 2.27. The minimum atomic E-state index is -3.19. The molecule has 82 valence electrons. The standard InChI is InChI=1S/C10H12O3S2/c11-10(8-4-3-6-14-8)9-5-1-2-7-15(9,12)13/h3-4,6,9H,1-2,5,7H2. The van der Waals surface area contributed by atoms with Crippen molar-refractivity contribution in [3.05, 3.63) is 22.4 Å². The number of sulfone groups is 1. The van der Waals surface area contributed by atoms with Gasteiger partial charge in [-0.15, -0.1) is 11.3 Å². The summed E-state index contributed by atoms with van der Waals surface area (Å²) in [6.45, 7) is 0. The fourth-order valence-corrected chi connectivity index (χ4v) is 4.49. The molecule has 1 unspecified atom stereocenters. The van der Waals surface area contributed by atoms with Gasteiger partial charge in [0.15, 0.2) is 15.6 Å². The molecule has 2 rings (SSSR count). The molecule has 1 atom stereocenters. The van der Waals surface area contributed by atoms with Crippen molar-refractivity contribution in [2.45, 2.75) is 24.5 Å². The third kappa shape index (κ3) is 2.13. The third-order valence-electron chi connectivity index (χ3n) is 2.64. The van der Waals surface area contributed by atoms with Crippen LogP contribution in [-0.4, -0.2) is 25.2 Å². The predicted octanol–water partition coefficient (Wildman–Crippen LogP) is 1.90. The van der Waals surface area contributed by atoms with Crippen LogP contribution >= 0.6 is 11.3 Å². The zero-order chi connectivity index (χ0) is 10.9. The Morgan fingerprint density at radius 2 is 2.20 bits per heavy atom. The maximum absolute atomic E-state index is 11.9. The molecule has 5 heteroatoms. The Labute approximate surface area is 93.0 Å². The second kappa shape index (κ2) is 4.06. The van der Waals surface area contributed by atoms with Crippen molar-refractivity contribution in [3.8, 4) is 0 Å². The van der Waals surface area contributed by atoms with Gasteiger partial charge < -0.3 is 0 Å². The van der Waals surface area contributed by atoms with Gasteiger partial charge in [-0.2, -0.15) is 0 Å². The predicted molar refractivity (Wildman–Crippen MR) is 60.1 cm³/mol. The molecule has 0 radical (unpaired) electrons. The molecule has 15 heavy (non-hydrogen) atoms. The van der Waals surface area contributed by atoms with Gasteiger partial charge in [-0.3, -0.25) is 4.79 Å². The van der Waals surface area contributed by atoms with E-state index in [9.17, 15) is 13.2 Å². The van der Waals surface area contributed by atoms with Gasteiger partial charge in [0.2, 0.25) is 0 Å². The molecule has 1 aromatic rings. The summed E-state index contributed by atoms with van der Waals surface area (Å²) in [4.78, 5) is 12.5. The molecule has 1 aliphatic rings. The van der Waals surface area contributed by atoms with Crippen LogP contribution in [0.3, 0.4) is 0 Å². The Hall–Kier alpha value is -0.680. The van der Waals surface area contributed by atoms with Gasteiger partial charge in [-0.25, -0.2) is 8.42 Å². The summed E-state index contributed by atoms with van der Waals surface area (Å²) < 4.78 is 23.4. The molecular formula is C10H12O3S2. The number of thiophene rings is 1. The summed E-state index contributed by atoms with van der Waals surface area (Å²) in [7, 11) is -3.19. The first-order chi connectivity index (χ1) is 7.11. The number of Topliss-reactive ketones (excluding diaryl/α,β-unsaturated/α-hetero) is 1. The molecule has 1 aliphatic heterocycles. The summed E-state index contributed by atoms with van der Waals surface area (Å²) >= 11 is 1.31. The third-order valence-corrected chi connectivity index (χ3v) is 5.69. The average Bonchev–Trinajstić information content (AvgIpc) is 2.69. The average molecular weight is 244 g/mol. The fraction of sp³-hybridized carbons (Fsp3) is 0.500. The highest BCUT2D eigenvalue weighted by molar-refractivity contribution is 7.92. The molecule has 0 aliphatic carbocycles. The van der Waals surface area contributed by atoms with Crippen molar-refractivity contribution < 1.29 is 13.2 Å². The Kier molecular flexibility index (Phi) is 2.93. The lowest BCUT2D eigenvalue weighted by Crippen LogP contribution is -2.35. The molecule has 1 saturated heterocycles. The molecule has 1 fully saturated rings. The van der Waals surface area contributed by atoms with Crippen LogP contribution in [0.1, 0.15) is 28.9 Å². The molecule has 0 spiro atoms. The van der Waals surface area contributed by atoms with E-state index in [-0.39, 0.29) is 11.5 Å². The Bertz CT molecular complexity index is 445. The van der Waals surface area contributed by atoms with Crippen molar-refractivity contribution in [1.82, 2.24) is 0 Å². The van der Waals surface area contributed by atoms with Gasteiger partial charge in [-0.05, 0) is 24.3 Å². The van der Waals surface area contributed by atoms with Gasteiger partial charge in [0.05, 0.1) is 10.6 Å². The van der Waals surface area contributed by atoms with Crippen LogP contribution in [0.5, 0.6) is 0 Å². The van der Waals surface area contributed by atoms with Crippen molar-refractivity contribution >= 4 is 27.0 Å². The Morgan fingerprint density at radius 3 is 2.80 bits per heavy atom. The first kappa shape index (κ1) is 10.8. The van der Waals surface area contributed by atoms with Crippen LogP contribution in [0.15, 0.2) is 17.5 Å². The topological polar surface area (TPSA) is 51.2 Å². The lowest BCUT2D eigenvalue weighted by Gasteiger charge is -2.20. The van der Waals surface area contributed by atoms with E-state index in [4.69, 9.17) is 0 Å². The molecule has 0 amide bonds. The van der Waals surface area contributed by atoms with E-state index in [1.807, 2.05) is 0 Å². The van der Waals surface area contributed by atoms with Gasteiger partial charge >= 0.3 is 0 Å². The van der Waals surface area contributed by atoms with Gasteiger partial charge in [0, 0.05) is 0 Å². The summed E-state index contributed by atoms with van der Waals surface area (Å²) in [5.74, 6) is -0.0564. The van der Waals surface area contributed by atoms with Crippen molar-refractivity contribution in [3.63, 3.8) is 0 Å². The normalized spacial score (nSPS) is 24.9. The van der Waals surface area contributed by atoms with Crippen molar-refractivity contribution in [1.29, 1.82) is 0 Å². The number of carbonyl (C=O) groups excluding carboxylic acids is 1. The van der Waals surface area contributed by atoms with E-state index >= 15 is 0 Å². The van der Waals surface area contributed by atoms with Crippen LogP contribution in [0.4, 0.5) is 0 Å². The molecule has 1 aromatic heterocycles. The van der Waals surface area contributed by atoms with E-state index in [1.165, 1.54) is 11.3 Å². The summed E-state index contributed by atoms with van der Waals surface area (Å²) in [5.41, 5.74) is 0. The first-order valence-electron chi connectivity index (χ1n) is 4.90. The minimum absolute atomic E-state index is 0.161. The number of ketones is 1. The van der Waals surface area contributed by atoms with Crippen LogP contribution in [-0.2, 0) is 9.84 Å².